The lowest BCUT2D eigenvalue weighted by molar-refractivity contribution is -0.119. The van der Waals surface area contributed by atoms with Crippen LogP contribution in [0.2, 0.25) is 5.02 Å². The maximum atomic E-state index is 11.9. The highest BCUT2D eigenvalue weighted by atomic mass is 35.5. The Labute approximate surface area is 119 Å². The lowest BCUT2D eigenvalue weighted by Crippen LogP contribution is -2.45. The summed E-state index contributed by atoms with van der Waals surface area (Å²) in [4.78, 5) is 11.9. The largest absolute Gasteiger partial charge is 0.323 e. The van der Waals surface area contributed by atoms with Crippen LogP contribution in [0.5, 0.6) is 0 Å². The van der Waals surface area contributed by atoms with Crippen LogP contribution in [0.15, 0.2) is 18.2 Å². The SMILES string of the molecule is Cc1ccc(NC(=O)[C@@H](N)C(C)(C)C)c(Cl)c1.Cl. The van der Waals surface area contributed by atoms with E-state index in [0.717, 1.165) is 5.56 Å². The van der Waals surface area contributed by atoms with Crippen LogP contribution in [0.4, 0.5) is 5.69 Å². The molecule has 0 saturated heterocycles. The van der Waals surface area contributed by atoms with Gasteiger partial charge in [0.15, 0.2) is 0 Å². The summed E-state index contributed by atoms with van der Waals surface area (Å²) in [5, 5.41) is 3.28. The molecule has 0 radical (unpaired) electrons. The molecule has 3 N–H and O–H groups in total. The monoisotopic (exact) mass is 290 g/mol. The van der Waals surface area contributed by atoms with E-state index < -0.39 is 6.04 Å². The topological polar surface area (TPSA) is 55.1 Å². The minimum atomic E-state index is -0.570. The molecule has 5 heteroatoms. The van der Waals surface area contributed by atoms with E-state index >= 15 is 0 Å². The minimum Gasteiger partial charge on any atom is -0.323 e. The first-order valence-electron chi connectivity index (χ1n) is 5.54. The molecule has 0 unspecified atom stereocenters. The predicted octanol–water partition coefficient (Wildman–Crippen LogP) is 3.38. The molecule has 0 aromatic heterocycles. The van der Waals surface area contributed by atoms with Gasteiger partial charge in [-0.3, -0.25) is 4.79 Å². The van der Waals surface area contributed by atoms with Gasteiger partial charge in [0.05, 0.1) is 16.8 Å². The van der Waals surface area contributed by atoms with Crippen LogP contribution < -0.4 is 11.1 Å². The van der Waals surface area contributed by atoms with Crippen LogP contribution in [0, 0.1) is 12.3 Å². The van der Waals surface area contributed by atoms with Crippen molar-refractivity contribution in [3.8, 4) is 0 Å². The van der Waals surface area contributed by atoms with Gasteiger partial charge in [-0.15, -0.1) is 12.4 Å². The molecular formula is C13H20Cl2N2O. The Kier molecular flexibility index (Phi) is 6.14. The van der Waals surface area contributed by atoms with E-state index in [0.29, 0.717) is 10.7 Å². The van der Waals surface area contributed by atoms with Crippen LogP contribution in [0.1, 0.15) is 26.3 Å². The second-order valence-corrected chi connectivity index (χ2v) is 5.72. The number of rotatable bonds is 2. The Balaban J connectivity index is 0.00000289. The Morgan fingerprint density at radius 1 is 1.39 bits per heavy atom. The zero-order chi connectivity index (χ0) is 13.2. The average molecular weight is 291 g/mol. The van der Waals surface area contributed by atoms with Gasteiger partial charge >= 0.3 is 0 Å². The number of nitrogens with one attached hydrogen (secondary N) is 1. The van der Waals surface area contributed by atoms with E-state index in [1.54, 1.807) is 12.1 Å². The molecule has 0 saturated carbocycles. The fourth-order valence-electron chi connectivity index (χ4n) is 1.33. The molecule has 18 heavy (non-hydrogen) atoms. The molecule has 1 atom stereocenters. The van der Waals surface area contributed by atoms with Gasteiger partial charge in [-0.1, -0.05) is 38.4 Å². The lowest BCUT2D eigenvalue weighted by Gasteiger charge is -2.26. The van der Waals surface area contributed by atoms with Gasteiger partial charge in [-0.2, -0.15) is 0 Å². The molecule has 0 fully saturated rings. The minimum absolute atomic E-state index is 0. The predicted molar refractivity (Wildman–Crippen MR) is 79.5 cm³/mol. The molecule has 0 spiro atoms. The highest BCUT2D eigenvalue weighted by molar-refractivity contribution is 6.33. The lowest BCUT2D eigenvalue weighted by atomic mass is 9.87. The Morgan fingerprint density at radius 2 is 1.94 bits per heavy atom. The first-order chi connectivity index (χ1) is 7.71. The van der Waals surface area contributed by atoms with Crippen molar-refractivity contribution in [1.82, 2.24) is 0 Å². The second kappa shape index (κ2) is 6.41. The summed E-state index contributed by atoms with van der Waals surface area (Å²) in [5.41, 5.74) is 7.24. The Bertz CT molecular complexity index is 427. The van der Waals surface area contributed by atoms with Crippen molar-refractivity contribution >= 4 is 35.6 Å². The summed E-state index contributed by atoms with van der Waals surface area (Å²) in [6.45, 7) is 7.72. The zero-order valence-corrected chi connectivity index (χ0v) is 12.7. The van der Waals surface area contributed by atoms with Crippen LogP contribution in [-0.2, 0) is 4.79 Å². The Morgan fingerprint density at radius 3 is 2.39 bits per heavy atom. The number of hydrogen-bond acceptors (Lipinski definition) is 2. The number of halogens is 2. The third-order valence-electron chi connectivity index (χ3n) is 2.60. The molecule has 1 aromatic rings. The van der Waals surface area contributed by atoms with E-state index in [-0.39, 0.29) is 23.7 Å². The fourth-order valence-corrected chi connectivity index (χ4v) is 1.61. The molecule has 0 heterocycles. The highest BCUT2D eigenvalue weighted by Gasteiger charge is 2.27. The maximum Gasteiger partial charge on any atom is 0.241 e. The maximum absolute atomic E-state index is 11.9. The number of aryl methyl sites for hydroxylation is 1. The van der Waals surface area contributed by atoms with E-state index in [9.17, 15) is 4.79 Å². The molecule has 0 aliphatic carbocycles. The van der Waals surface area contributed by atoms with Crippen molar-refractivity contribution in [3.05, 3.63) is 28.8 Å². The van der Waals surface area contributed by atoms with Gasteiger partial charge in [0.25, 0.3) is 0 Å². The number of hydrogen-bond donors (Lipinski definition) is 2. The van der Waals surface area contributed by atoms with Gasteiger partial charge in [-0.25, -0.2) is 0 Å². The van der Waals surface area contributed by atoms with Gasteiger partial charge < -0.3 is 11.1 Å². The molecule has 1 amide bonds. The molecule has 1 aromatic carbocycles. The molecule has 0 aliphatic heterocycles. The third kappa shape index (κ3) is 4.48. The Hall–Kier alpha value is -0.770. The molecule has 102 valence electrons. The van der Waals surface area contributed by atoms with Crippen molar-refractivity contribution in [2.75, 3.05) is 5.32 Å². The molecule has 0 aliphatic rings. The highest BCUT2D eigenvalue weighted by Crippen LogP contribution is 2.24. The summed E-state index contributed by atoms with van der Waals surface area (Å²) < 4.78 is 0. The van der Waals surface area contributed by atoms with Crippen molar-refractivity contribution in [1.29, 1.82) is 0 Å². The van der Waals surface area contributed by atoms with Gasteiger partial charge in [0.1, 0.15) is 0 Å². The van der Waals surface area contributed by atoms with Gasteiger partial charge in [0, 0.05) is 0 Å². The summed E-state index contributed by atoms with van der Waals surface area (Å²) >= 11 is 6.04. The smallest absolute Gasteiger partial charge is 0.241 e. The second-order valence-electron chi connectivity index (χ2n) is 5.32. The van der Waals surface area contributed by atoms with Crippen molar-refractivity contribution in [2.45, 2.75) is 33.7 Å². The fraction of sp³-hybridized carbons (Fsp3) is 0.462. The zero-order valence-electron chi connectivity index (χ0n) is 11.1. The summed E-state index contributed by atoms with van der Waals surface area (Å²) in [6, 6.07) is 4.91. The van der Waals surface area contributed by atoms with Gasteiger partial charge in [0.2, 0.25) is 5.91 Å². The van der Waals surface area contributed by atoms with E-state index in [2.05, 4.69) is 5.32 Å². The average Bonchev–Trinajstić information content (AvgIpc) is 2.19. The van der Waals surface area contributed by atoms with Crippen LogP contribution in [0.25, 0.3) is 0 Å². The first kappa shape index (κ1) is 17.2. The van der Waals surface area contributed by atoms with E-state index in [1.807, 2.05) is 33.8 Å². The summed E-state index contributed by atoms with van der Waals surface area (Å²) in [7, 11) is 0. The standard InChI is InChI=1S/C13H19ClN2O.ClH/c1-8-5-6-10(9(14)7-8)16-12(17)11(15)13(2,3)4;/h5-7,11H,15H2,1-4H3,(H,16,17);1H/t11-;/m1./s1. The number of benzene rings is 1. The van der Waals surface area contributed by atoms with Crippen molar-refractivity contribution in [2.24, 2.45) is 11.1 Å². The molecule has 0 bridgehead atoms. The van der Waals surface area contributed by atoms with Crippen molar-refractivity contribution in [3.63, 3.8) is 0 Å². The van der Waals surface area contributed by atoms with Crippen molar-refractivity contribution < 1.29 is 4.79 Å². The molecule has 1 rings (SSSR count). The first-order valence-corrected chi connectivity index (χ1v) is 5.92. The quantitative estimate of drug-likeness (QED) is 0.877. The number of nitrogens with two attached hydrogens (primary N) is 1. The molecule has 3 nitrogen and oxygen atoms in total. The van der Waals surface area contributed by atoms with Crippen LogP contribution in [0.3, 0.4) is 0 Å². The van der Waals surface area contributed by atoms with E-state index in [4.69, 9.17) is 17.3 Å². The summed E-state index contributed by atoms with van der Waals surface area (Å²) in [6.07, 6.45) is 0. The van der Waals surface area contributed by atoms with Crippen LogP contribution in [-0.4, -0.2) is 11.9 Å². The van der Waals surface area contributed by atoms with E-state index in [1.165, 1.54) is 0 Å². The normalized spacial score (nSPS) is 12.6. The van der Waals surface area contributed by atoms with Gasteiger partial charge in [-0.05, 0) is 30.0 Å². The third-order valence-corrected chi connectivity index (χ3v) is 2.91. The number of anilines is 1. The summed E-state index contributed by atoms with van der Waals surface area (Å²) in [5.74, 6) is -0.219. The number of carbonyl (C=O) groups excluding carboxylic acids is 1. The number of amides is 1. The molecular weight excluding hydrogens is 271 g/mol. The number of carbonyl (C=O) groups is 1. The van der Waals surface area contributed by atoms with Crippen LogP contribution >= 0.6 is 24.0 Å².